The topological polar surface area (TPSA) is 46.9 Å². The van der Waals surface area contributed by atoms with Crippen LogP contribution < -0.4 is 5.32 Å². The lowest BCUT2D eigenvalue weighted by molar-refractivity contribution is -0.111. The van der Waals surface area contributed by atoms with Crippen LogP contribution in [0.15, 0.2) is 24.3 Å². The molecule has 0 radical (unpaired) electrons. The molecule has 1 N–H and O–H groups in total. The van der Waals surface area contributed by atoms with E-state index in [0.717, 1.165) is 28.2 Å². The van der Waals surface area contributed by atoms with Crippen molar-refractivity contribution in [2.75, 3.05) is 5.32 Å². The Labute approximate surface area is 129 Å². The van der Waals surface area contributed by atoms with Crippen LogP contribution in [0.2, 0.25) is 5.02 Å². The molecule has 1 aromatic carbocycles. The first kappa shape index (κ1) is 15.3. The Hall–Kier alpha value is -2.07. The molecular formula is C16H18ClN3O. The summed E-state index contributed by atoms with van der Waals surface area (Å²) >= 11 is 5.90. The number of aryl methyl sites for hydroxylation is 3. The highest BCUT2D eigenvalue weighted by atomic mass is 35.5. The van der Waals surface area contributed by atoms with E-state index in [-0.39, 0.29) is 5.91 Å². The molecule has 0 fully saturated rings. The fourth-order valence-electron chi connectivity index (χ4n) is 2.13. The van der Waals surface area contributed by atoms with Crippen LogP contribution in [0.1, 0.15) is 22.5 Å². The number of amides is 1. The number of hydrogen-bond donors (Lipinski definition) is 1. The molecule has 0 aliphatic carbocycles. The van der Waals surface area contributed by atoms with Crippen LogP contribution >= 0.6 is 11.6 Å². The number of benzene rings is 1. The van der Waals surface area contributed by atoms with Gasteiger partial charge in [0, 0.05) is 35.1 Å². The van der Waals surface area contributed by atoms with E-state index >= 15 is 0 Å². The summed E-state index contributed by atoms with van der Waals surface area (Å²) in [5, 5.41) is 7.81. The zero-order valence-electron chi connectivity index (χ0n) is 12.6. The van der Waals surface area contributed by atoms with Gasteiger partial charge < -0.3 is 5.32 Å². The van der Waals surface area contributed by atoms with Crippen LogP contribution in [0.3, 0.4) is 0 Å². The van der Waals surface area contributed by atoms with Crippen molar-refractivity contribution in [3.8, 4) is 0 Å². The van der Waals surface area contributed by atoms with Crippen molar-refractivity contribution >= 4 is 29.3 Å². The Morgan fingerprint density at radius 3 is 2.62 bits per heavy atom. The molecule has 1 aromatic heterocycles. The quantitative estimate of drug-likeness (QED) is 0.880. The Balaban J connectivity index is 2.13. The van der Waals surface area contributed by atoms with Gasteiger partial charge in [-0.05, 0) is 50.6 Å². The Morgan fingerprint density at radius 1 is 1.33 bits per heavy atom. The smallest absolute Gasteiger partial charge is 0.248 e. The lowest BCUT2D eigenvalue weighted by Gasteiger charge is -2.06. The van der Waals surface area contributed by atoms with E-state index in [2.05, 4.69) is 10.4 Å². The molecule has 1 amide bonds. The van der Waals surface area contributed by atoms with Crippen molar-refractivity contribution in [2.45, 2.75) is 20.8 Å². The van der Waals surface area contributed by atoms with Crippen LogP contribution in [0.25, 0.3) is 6.08 Å². The van der Waals surface area contributed by atoms with Gasteiger partial charge in [0.1, 0.15) is 0 Å². The van der Waals surface area contributed by atoms with E-state index in [1.54, 1.807) is 22.9 Å². The predicted molar refractivity (Wildman–Crippen MR) is 86.5 cm³/mol. The van der Waals surface area contributed by atoms with Gasteiger partial charge in [-0.25, -0.2) is 0 Å². The summed E-state index contributed by atoms with van der Waals surface area (Å²) in [6, 6.07) is 5.36. The maximum atomic E-state index is 12.0. The number of nitrogens with zero attached hydrogens (tertiary/aromatic N) is 2. The normalized spacial score (nSPS) is 11.1. The highest BCUT2D eigenvalue weighted by Gasteiger charge is 2.07. The van der Waals surface area contributed by atoms with Crippen molar-refractivity contribution in [1.29, 1.82) is 0 Å². The fraction of sp³-hybridized carbons (Fsp3) is 0.250. The third kappa shape index (κ3) is 3.52. The van der Waals surface area contributed by atoms with Gasteiger partial charge in [-0.1, -0.05) is 11.6 Å². The highest BCUT2D eigenvalue weighted by molar-refractivity contribution is 6.30. The minimum Gasteiger partial charge on any atom is -0.322 e. The van der Waals surface area contributed by atoms with Gasteiger partial charge in [0.15, 0.2) is 0 Å². The first-order valence-corrected chi connectivity index (χ1v) is 7.01. The molecule has 2 aromatic rings. The Kier molecular flexibility index (Phi) is 4.48. The van der Waals surface area contributed by atoms with Gasteiger partial charge in [-0.2, -0.15) is 5.10 Å². The summed E-state index contributed by atoms with van der Waals surface area (Å²) in [5.41, 5.74) is 4.59. The summed E-state index contributed by atoms with van der Waals surface area (Å²) in [4.78, 5) is 12.0. The average molecular weight is 304 g/mol. The van der Waals surface area contributed by atoms with Crippen molar-refractivity contribution in [1.82, 2.24) is 9.78 Å². The monoisotopic (exact) mass is 303 g/mol. The van der Waals surface area contributed by atoms with Gasteiger partial charge >= 0.3 is 0 Å². The van der Waals surface area contributed by atoms with Crippen LogP contribution in [0, 0.1) is 20.8 Å². The standard InChI is InChI=1S/C16H18ClN3O/c1-10-9-13(17)5-7-15(10)18-16(21)8-6-14-11(2)19-20(4)12(14)3/h5-9H,1-4H3,(H,18,21)/b8-6+. The number of carbonyl (C=O) groups is 1. The van der Waals surface area contributed by atoms with E-state index in [1.165, 1.54) is 6.08 Å². The van der Waals surface area contributed by atoms with Crippen LogP contribution in [0.5, 0.6) is 0 Å². The van der Waals surface area contributed by atoms with Crippen molar-refractivity contribution in [3.63, 3.8) is 0 Å². The summed E-state index contributed by atoms with van der Waals surface area (Å²) in [5.74, 6) is -0.178. The maximum absolute atomic E-state index is 12.0. The fourth-order valence-corrected chi connectivity index (χ4v) is 2.36. The number of rotatable bonds is 3. The molecule has 0 aliphatic rings. The number of aromatic nitrogens is 2. The van der Waals surface area contributed by atoms with Crippen LogP contribution in [0.4, 0.5) is 5.69 Å². The van der Waals surface area contributed by atoms with Crippen LogP contribution in [-0.2, 0) is 11.8 Å². The third-order valence-corrected chi connectivity index (χ3v) is 3.65. The lowest BCUT2D eigenvalue weighted by atomic mass is 10.1. The first-order valence-electron chi connectivity index (χ1n) is 6.64. The average Bonchev–Trinajstić information content (AvgIpc) is 2.65. The van der Waals surface area contributed by atoms with Gasteiger partial charge in [-0.3, -0.25) is 9.48 Å². The molecule has 2 rings (SSSR count). The molecule has 21 heavy (non-hydrogen) atoms. The number of carbonyl (C=O) groups excluding carboxylic acids is 1. The molecule has 0 bridgehead atoms. The van der Waals surface area contributed by atoms with Crippen LogP contribution in [-0.4, -0.2) is 15.7 Å². The van der Waals surface area contributed by atoms with Gasteiger partial charge in [0.05, 0.1) is 5.69 Å². The molecule has 1 heterocycles. The zero-order chi connectivity index (χ0) is 15.6. The Morgan fingerprint density at radius 2 is 2.05 bits per heavy atom. The van der Waals surface area contributed by atoms with Crippen molar-refractivity contribution in [3.05, 3.63) is 51.8 Å². The van der Waals surface area contributed by atoms with E-state index < -0.39 is 0 Å². The van der Waals surface area contributed by atoms with E-state index in [1.807, 2.05) is 33.9 Å². The predicted octanol–water partition coefficient (Wildman–Crippen LogP) is 3.65. The SMILES string of the molecule is Cc1cc(Cl)ccc1NC(=O)/C=C/c1c(C)nn(C)c1C. The third-order valence-electron chi connectivity index (χ3n) is 3.41. The molecule has 0 saturated heterocycles. The minimum atomic E-state index is -0.178. The molecule has 0 spiro atoms. The summed E-state index contributed by atoms with van der Waals surface area (Å²) in [6.45, 7) is 5.80. The summed E-state index contributed by atoms with van der Waals surface area (Å²) in [6.07, 6.45) is 3.31. The van der Waals surface area contributed by atoms with Crippen molar-refractivity contribution in [2.24, 2.45) is 7.05 Å². The highest BCUT2D eigenvalue weighted by Crippen LogP contribution is 2.20. The zero-order valence-corrected chi connectivity index (χ0v) is 13.3. The lowest BCUT2D eigenvalue weighted by Crippen LogP contribution is -2.08. The largest absolute Gasteiger partial charge is 0.322 e. The molecule has 110 valence electrons. The second-order valence-corrected chi connectivity index (χ2v) is 5.43. The van der Waals surface area contributed by atoms with Gasteiger partial charge in [0.2, 0.25) is 5.91 Å². The molecule has 0 atom stereocenters. The van der Waals surface area contributed by atoms with Crippen molar-refractivity contribution < 1.29 is 4.79 Å². The van der Waals surface area contributed by atoms with E-state index in [4.69, 9.17) is 11.6 Å². The maximum Gasteiger partial charge on any atom is 0.248 e. The van der Waals surface area contributed by atoms with E-state index in [0.29, 0.717) is 5.02 Å². The Bertz CT molecular complexity index is 717. The molecule has 0 unspecified atom stereocenters. The minimum absolute atomic E-state index is 0.178. The second kappa shape index (κ2) is 6.14. The summed E-state index contributed by atoms with van der Waals surface area (Å²) in [7, 11) is 1.89. The number of halogens is 1. The molecule has 4 nitrogen and oxygen atoms in total. The number of hydrogen-bond acceptors (Lipinski definition) is 2. The first-order chi connectivity index (χ1) is 9.88. The summed E-state index contributed by atoms with van der Waals surface area (Å²) < 4.78 is 1.80. The molecule has 0 saturated carbocycles. The molecule has 0 aliphatic heterocycles. The van der Waals surface area contributed by atoms with Gasteiger partial charge in [-0.15, -0.1) is 0 Å². The number of anilines is 1. The second-order valence-electron chi connectivity index (χ2n) is 4.99. The number of nitrogens with one attached hydrogen (secondary N) is 1. The molecular weight excluding hydrogens is 286 g/mol. The van der Waals surface area contributed by atoms with E-state index in [9.17, 15) is 4.79 Å². The molecule has 5 heteroatoms. The van der Waals surface area contributed by atoms with Gasteiger partial charge in [0.25, 0.3) is 0 Å².